The molecular formula is C15H14N2OS. The van der Waals surface area contributed by atoms with Crippen LogP contribution < -0.4 is 0 Å². The lowest BCUT2D eigenvalue weighted by molar-refractivity contribution is 0.234. The molecule has 1 aromatic carbocycles. The van der Waals surface area contributed by atoms with E-state index in [4.69, 9.17) is 4.74 Å². The molecule has 19 heavy (non-hydrogen) atoms. The van der Waals surface area contributed by atoms with E-state index in [1.54, 1.807) is 6.92 Å². The van der Waals surface area contributed by atoms with Crippen LogP contribution in [-0.2, 0) is 4.74 Å². The molecule has 2 aromatic rings. The molecule has 0 fully saturated rings. The maximum absolute atomic E-state index is 9.24. The third-order valence-electron chi connectivity index (χ3n) is 2.61. The second-order valence-electron chi connectivity index (χ2n) is 3.88. The van der Waals surface area contributed by atoms with Gasteiger partial charge in [-0.25, -0.2) is 4.98 Å². The molecule has 1 aromatic heterocycles. The van der Waals surface area contributed by atoms with Crippen molar-refractivity contribution < 1.29 is 4.74 Å². The maximum atomic E-state index is 9.24. The molecule has 0 saturated heterocycles. The molecule has 0 spiro atoms. The number of nitriles is 1. The minimum atomic E-state index is 0.508. The van der Waals surface area contributed by atoms with Gasteiger partial charge in [0, 0.05) is 10.9 Å². The molecular weight excluding hydrogens is 256 g/mol. The molecule has 0 aliphatic rings. The van der Waals surface area contributed by atoms with Crippen LogP contribution in [0.15, 0.2) is 41.5 Å². The Hall–Kier alpha value is -2.12. The standard InChI is InChI=1S/C15H14N2OS/c1-3-18-11(2)13(9-16)15-17-14(10-19-15)12-7-5-4-6-8-12/h4-8,10H,3H2,1-2H3. The first kappa shape index (κ1) is 13.3. The molecule has 0 N–H and O–H groups in total. The number of allylic oxidation sites excluding steroid dienone is 2. The highest BCUT2D eigenvalue weighted by molar-refractivity contribution is 7.11. The fourth-order valence-corrected chi connectivity index (χ4v) is 2.57. The summed E-state index contributed by atoms with van der Waals surface area (Å²) in [6, 6.07) is 12.1. The van der Waals surface area contributed by atoms with Crippen LogP contribution in [0.4, 0.5) is 0 Å². The van der Waals surface area contributed by atoms with E-state index in [2.05, 4.69) is 11.1 Å². The minimum absolute atomic E-state index is 0.508. The van der Waals surface area contributed by atoms with Gasteiger partial charge in [-0.3, -0.25) is 0 Å². The van der Waals surface area contributed by atoms with Gasteiger partial charge in [-0.1, -0.05) is 30.3 Å². The molecule has 0 aliphatic carbocycles. The molecule has 0 radical (unpaired) electrons. The van der Waals surface area contributed by atoms with Crippen LogP contribution in [0.3, 0.4) is 0 Å². The van der Waals surface area contributed by atoms with Crippen molar-refractivity contribution in [1.82, 2.24) is 4.98 Å². The summed E-state index contributed by atoms with van der Waals surface area (Å²) in [7, 11) is 0. The topological polar surface area (TPSA) is 45.9 Å². The van der Waals surface area contributed by atoms with E-state index in [9.17, 15) is 5.26 Å². The molecule has 1 heterocycles. The average Bonchev–Trinajstić information content (AvgIpc) is 2.90. The largest absolute Gasteiger partial charge is 0.497 e. The van der Waals surface area contributed by atoms with Crippen molar-refractivity contribution in [3.05, 3.63) is 46.5 Å². The number of nitrogens with zero attached hydrogens (tertiary/aromatic N) is 2. The second kappa shape index (κ2) is 6.17. The number of aromatic nitrogens is 1. The predicted octanol–water partition coefficient (Wildman–Crippen LogP) is 4.10. The lowest BCUT2D eigenvalue weighted by Gasteiger charge is -2.03. The van der Waals surface area contributed by atoms with Crippen molar-refractivity contribution in [3.8, 4) is 17.3 Å². The normalized spacial score (nSPS) is 11.6. The summed E-state index contributed by atoms with van der Waals surface area (Å²) in [5.41, 5.74) is 2.45. The summed E-state index contributed by atoms with van der Waals surface area (Å²) in [5, 5.41) is 11.9. The highest BCUT2D eigenvalue weighted by Gasteiger charge is 2.12. The first-order chi connectivity index (χ1) is 9.26. The fourth-order valence-electron chi connectivity index (χ4n) is 1.70. The zero-order valence-corrected chi connectivity index (χ0v) is 11.7. The van der Waals surface area contributed by atoms with Gasteiger partial charge < -0.3 is 4.74 Å². The van der Waals surface area contributed by atoms with Crippen molar-refractivity contribution in [2.75, 3.05) is 6.61 Å². The molecule has 0 aliphatic heterocycles. The van der Waals surface area contributed by atoms with Crippen molar-refractivity contribution >= 4 is 16.9 Å². The quantitative estimate of drug-likeness (QED) is 0.620. The third-order valence-corrected chi connectivity index (χ3v) is 3.47. The van der Waals surface area contributed by atoms with Gasteiger partial charge in [-0.15, -0.1) is 11.3 Å². The Morgan fingerprint density at radius 3 is 2.74 bits per heavy atom. The number of rotatable bonds is 4. The van der Waals surface area contributed by atoms with Gasteiger partial charge in [-0.2, -0.15) is 5.26 Å². The highest BCUT2D eigenvalue weighted by atomic mass is 32.1. The van der Waals surface area contributed by atoms with E-state index in [0.29, 0.717) is 22.9 Å². The zero-order chi connectivity index (χ0) is 13.7. The van der Waals surface area contributed by atoms with E-state index in [-0.39, 0.29) is 0 Å². The van der Waals surface area contributed by atoms with E-state index < -0.39 is 0 Å². The summed E-state index contributed by atoms with van der Waals surface area (Å²) in [5.74, 6) is 0.624. The SMILES string of the molecule is CCOC(C)=C(C#N)c1nc(-c2ccccc2)cs1. The lowest BCUT2D eigenvalue weighted by atomic mass is 10.2. The number of thiazole rings is 1. The molecule has 3 nitrogen and oxygen atoms in total. The van der Waals surface area contributed by atoms with Crippen LogP contribution in [-0.4, -0.2) is 11.6 Å². The van der Waals surface area contributed by atoms with Crippen LogP contribution in [0.2, 0.25) is 0 Å². The van der Waals surface area contributed by atoms with Crippen LogP contribution in [0.25, 0.3) is 16.8 Å². The molecule has 0 saturated carbocycles. The lowest BCUT2D eigenvalue weighted by Crippen LogP contribution is -1.92. The van der Waals surface area contributed by atoms with Crippen LogP contribution in [0.1, 0.15) is 18.9 Å². The molecule has 2 rings (SSSR count). The number of hydrogen-bond acceptors (Lipinski definition) is 4. The fraction of sp³-hybridized carbons (Fsp3) is 0.200. The highest BCUT2D eigenvalue weighted by Crippen LogP contribution is 2.27. The summed E-state index contributed by atoms with van der Waals surface area (Å²) in [6.07, 6.45) is 0. The number of benzene rings is 1. The zero-order valence-electron chi connectivity index (χ0n) is 10.9. The smallest absolute Gasteiger partial charge is 0.138 e. The molecule has 0 bridgehead atoms. The Bertz CT molecular complexity index is 623. The van der Waals surface area contributed by atoms with Gasteiger partial charge >= 0.3 is 0 Å². The molecule has 4 heteroatoms. The maximum Gasteiger partial charge on any atom is 0.138 e. The van der Waals surface area contributed by atoms with E-state index >= 15 is 0 Å². The summed E-state index contributed by atoms with van der Waals surface area (Å²) >= 11 is 1.46. The number of ether oxygens (including phenoxy) is 1. The molecule has 96 valence electrons. The summed E-state index contributed by atoms with van der Waals surface area (Å²) < 4.78 is 5.39. The Morgan fingerprint density at radius 1 is 1.37 bits per heavy atom. The van der Waals surface area contributed by atoms with E-state index in [1.807, 2.05) is 42.6 Å². The Balaban J connectivity index is 2.36. The van der Waals surface area contributed by atoms with Gasteiger partial charge in [-0.05, 0) is 13.8 Å². The first-order valence-corrected chi connectivity index (χ1v) is 6.89. The van der Waals surface area contributed by atoms with Crippen LogP contribution in [0.5, 0.6) is 0 Å². The van der Waals surface area contributed by atoms with Crippen molar-refractivity contribution in [2.24, 2.45) is 0 Å². The van der Waals surface area contributed by atoms with Crippen molar-refractivity contribution in [3.63, 3.8) is 0 Å². The average molecular weight is 270 g/mol. The summed E-state index contributed by atoms with van der Waals surface area (Å²) in [4.78, 5) is 4.51. The van der Waals surface area contributed by atoms with Gasteiger partial charge in [0.05, 0.1) is 12.3 Å². The predicted molar refractivity (Wildman–Crippen MR) is 77.4 cm³/mol. The van der Waals surface area contributed by atoms with Crippen LogP contribution in [0, 0.1) is 11.3 Å². The van der Waals surface area contributed by atoms with Crippen molar-refractivity contribution in [2.45, 2.75) is 13.8 Å². The third kappa shape index (κ3) is 3.01. The Labute approximate surface area is 116 Å². The van der Waals surface area contributed by atoms with Gasteiger partial charge in [0.25, 0.3) is 0 Å². The van der Waals surface area contributed by atoms with Gasteiger partial charge in [0.1, 0.15) is 22.4 Å². The minimum Gasteiger partial charge on any atom is -0.497 e. The number of hydrogen-bond donors (Lipinski definition) is 0. The molecule has 0 atom stereocenters. The first-order valence-electron chi connectivity index (χ1n) is 6.01. The molecule has 0 unspecified atom stereocenters. The van der Waals surface area contributed by atoms with Gasteiger partial charge in [0.15, 0.2) is 0 Å². The Morgan fingerprint density at radius 2 is 2.11 bits per heavy atom. The second-order valence-corrected chi connectivity index (χ2v) is 4.74. The van der Waals surface area contributed by atoms with Crippen LogP contribution >= 0.6 is 11.3 Å². The summed E-state index contributed by atoms with van der Waals surface area (Å²) in [6.45, 7) is 4.25. The van der Waals surface area contributed by atoms with Gasteiger partial charge in [0.2, 0.25) is 0 Å². The molecule has 0 amide bonds. The monoisotopic (exact) mass is 270 g/mol. The Kier molecular flexibility index (Phi) is 4.32. The van der Waals surface area contributed by atoms with Crippen molar-refractivity contribution in [1.29, 1.82) is 5.26 Å². The van der Waals surface area contributed by atoms with E-state index in [0.717, 1.165) is 11.3 Å². The van der Waals surface area contributed by atoms with E-state index in [1.165, 1.54) is 11.3 Å².